The number of hydrazine groups is 1. The summed E-state index contributed by atoms with van der Waals surface area (Å²) in [5, 5.41) is 0. The van der Waals surface area contributed by atoms with Crippen molar-refractivity contribution in [3.63, 3.8) is 0 Å². The number of nitrogens with one attached hydrogen (secondary N) is 1. The van der Waals surface area contributed by atoms with Crippen molar-refractivity contribution in [1.82, 2.24) is 9.97 Å². The number of ether oxygens (including phenoxy) is 1. The summed E-state index contributed by atoms with van der Waals surface area (Å²) >= 11 is 0. The van der Waals surface area contributed by atoms with Crippen LogP contribution in [0, 0.1) is 0 Å². The Morgan fingerprint density at radius 2 is 2.26 bits per heavy atom. The lowest BCUT2D eigenvalue weighted by atomic mass is 10.3. The van der Waals surface area contributed by atoms with Gasteiger partial charge in [0, 0.05) is 12.6 Å². The SMILES string of the molecule is COc1c(NN)ncnc1N1CCS(=O)(=O)CC1C. The van der Waals surface area contributed by atoms with Gasteiger partial charge < -0.3 is 15.1 Å². The van der Waals surface area contributed by atoms with Gasteiger partial charge in [-0.2, -0.15) is 0 Å². The number of sulfone groups is 1. The monoisotopic (exact) mass is 287 g/mol. The molecule has 0 radical (unpaired) electrons. The van der Waals surface area contributed by atoms with Crippen LogP contribution in [0.15, 0.2) is 6.33 Å². The van der Waals surface area contributed by atoms with Crippen LogP contribution in [0.1, 0.15) is 6.92 Å². The highest BCUT2D eigenvalue weighted by Crippen LogP contribution is 2.33. The lowest BCUT2D eigenvalue weighted by Gasteiger charge is -2.34. The Morgan fingerprint density at radius 1 is 1.53 bits per heavy atom. The number of hydrogen-bond acceptors (Lipinski definition) is 8. The molecule has 0 aromatic carbocycles. The molecule has 1 unspecified atom stereocenters. The van der Waals surface area contributed by atoms with Crippen LogP contribution < -0.4 is 20.9 Å². The lowest BCUT2D eigenvalue weighted by Crippen LogP contribution is -2.47. The highest BCUT2D eigenvalue weighted by atomic mass is 32.2. The summed E-state index contributed by atoms with van der Waals surface area (Å²) in [6.07, 6.45) is 1.36. The molecule has 3 N–H and O–H groups in total. The average molecular weight is 287 g/mol. The van der Waals surface area contributed by atoms with Crippen molar-refractivity contribution in [2.24, 2.45) is 5.84 Å². The number of hydrogen-bond donors (Lipinski definition) is 2. The van der Waals surface area contributed by atoms with Gasteiger partial charge in [-0.15, -0.1) is 0 Å². The fraction of sp³-hybridized carbons (Fsp3) is 0.600. The van der Waals surface area contributed by atoms with Crippen molar-refractivity contribution in [2.45, 2.75) is 13.0 Å². The molecule has 0 saturated carbocycles. The number of nitrogen functional groups attached to an aromatic ring is 1. The van der Waals surface area contributed by atoms with Crippen LogP contribution in [0.2, 0.25) is 0 Å². The van der Waals surface area contributed by atoms with Crippen LogP contribution in [-0.2, 0) is 9.84 Å². The summed E-state index contributed by atoms with van der Waals surface area (Å²) in [4.78, 5) is 10.0. The summed E-state index contributed by atoms with van der Waals surface area (Å²) < 4.78 is 28.4. The summed E-state index contributed by atoms with van der Waals surface area (Å²) in [6.45, 7) is 2.22. The van der Waals surface area contributed by atoms with Gasteiger partial charge in [0.1, 0.15) is 6.33 Å². The molecule has 8 nitrogen and oxygen atoms in total. The molecule has 0 bridgehead atoms. The maximum Gasteiger partial charge on any atom is 0.205 e. The van der Waals surface area contributed by atoms with Crippen molar-refractivity contribution < 1.29 is 13.2 Å². The van der Waals surface area contributed by atoms with E-state index >= 15 is 0 Å². The topological polar surface area (TPSA) is 110 Å². The number of methoxy groups -OCH3 is 1. The maximum atomic E-state index is 11.6. The van der Waals surface area contributed by atoms with Gasteiger partial charge in [0.2, 0.25) is 5.75 Å². The second-order valence-electron chi connectivity index (χ2n) is 4.38. The molecule has 0 spiro atoms. The van der Waals surface area contributed by atoms with Crippen LogP contribution in [0.5, 0.6) is 5.75 Å². The van der Waals surface area contributed by atoms with Crippen molar-refractivity contribution in [3.05, 3.63) is 6.33 Å². The van der Waals surface area contributed by atoms with Crippen LogP contribution in [-0.4, -0.2) is 49.6 Å². The zero-order valence-electron chi connectivity index (χ0n) is 10.8. The molecule has 9 heteroatoms. The van der Waals surface area contributed by atoms with Gasteiger partial charge in [0.15, 0.2) is 21.5 Å². The van der Waals surface area contributed by atoms with Gasteiger partial charge in [-0.3, -0.25) is 0 Å². The molecule has 2 rings (SSSR count). The van der Waals surface area contributed by atoms with Crippen molar-refractivity contribution in [2.75, 3.05) is 35.5 Å². The van der Waals surface area contributed by atoms with E-state index in [1.54, 1.807) is 0 Å². The summed E-state index contributed by atoms with van der Waals surface area (Å²) in [6, 6.07) is -0.173. The smallest absolute Gasteiger partial charge is 0.205 e. The molecular weight excluding hydrogens is 270 g/mol. The Bertz CT molecular complexity index is 562. The summed E-state index contributed by atoms with van der Waals surface area (Å²) in [5.74, 6) is 6.91. The van der Waals surface area contributed by atoms with Crippen molar-refractivity contribution >= 4 is 21.5 Å². The molecule has 1 atom stereocenters. The highest BCUT2D eigenvalue weighted by molar-refractivity contribution is 7.91. The predicted octanol–water partition coefficient (Wildman–Crippen LogP) is -0.606. The molecule has 19 heavy (non-hydrogen) atoms. The Kier molecular flexibility index (Phi) is 3.76. The molecule has 1 aromatic rings. The molecule has 1 aliphatic heterocycles. The largest absolute Gasteiger partial charge is 0.490 e. The Balaban J connectivity index is 2.37. The summed E-state index contributed by atoms with van der Waals surface area (Å²) in [5.41, 5.74) is 2.44. The second-order valence-corrected chi connectivity index (χ2v) is 6.61. The maximum absolute atomic E-state index is 11.6. The zero-order chi connectivity index (χ0) is 14.0. The van der Waals surface area contributed by atoms with E-state index < -0.39 is 9.84 Å². The van der Waals surface area contributed by atoms with E-state index in [-0.39, 0.29) is 17.5 Å². The number of rotatable bonds is 3. The minimum Gasteiger partial charge on any atom is -0.490 e. The first-order valence-electron chi connectivity index (χ1n) is 5.81. The van der Waals surface area contributed by atoms with E-state index in [0.29, 0.717) is 23.9 Å². The van der Waals surface area contributed by atoms with Gasteiger partial charge in [-0.05, 0) is 6.92 Å². The second kappa shape index (κ2) is 5.17. The molecule has 0 aliphatic carbocycles. The fourth-order valence-corrected chi connectivity index (χ4v) is 3.73. The van der Waals surface area contributed by atoms with E-state index in [2.05, 4.69) is 15.4 Å². The fourth-order valence-electron chi connectivity index (χ4n) is 2.17. The molecule has 1 aromatic heterocycles. The third-order valence-electron chi connectivity index (χ3n) is 3.07. The lowest BCUT2D eigenvalue weighted by molar-refractivity contribution is 0.410. The molecule has 1 fully saturated rings. The molecule has 1 aliphatic rings. The van der Waals surface area contributed by atoms with E-state index in [1.807, 2.05) is 11.8 Å². The Hall–Kier alpha value is -1.61. The first-order valence-corrected chi connectivity index (χ1v) is 7.63. The van der Waals surface area contributed by atoms with Gasteiger partial charge in [0.25, 0.3) is 0 Å². The highest BCUT2D eigenvalue weighted by Gasteiger charge is 2.31. The molecule has 106 valence electrons. The Labute approximate surface area is 111 Å². The molecule has 0 amide bonds. The van der Waals surface area contributed by atoms with Gasteiger partial charge in [-0.1, -0.05) is 0 Å². The summed E-state index contributed by atoms with van der Waals surface area (Å²) in [7, 11) is -1.48. The van der Waals surface area contributed by atoms with Crippen LogP contribution >= 0.6 is 0 Å². The Morgan fingerprint density at radius 3 is 2.84 bits per heavy atom. The third-order valence-corrected chi connectivity index (χ3v) is 4.86. The van der Waals surface area contributed by atoms with E-state index in [4.69, 9.17) is 10.6 Å². The predicted molar refractivity (Wildman–Crippen MR) is 71.9 cm³/mol. The van der Waals surface area contributed by atoms with E-state index in [0.717, 1.165) is 0 Å². The van der Waals surface area contributed by atoms with Crippen LogP contribution in [0.4, 0.5) is 11.6 Å². The van der Waals surface area contributed by atoms with Crippen LogP contribution in [0.3, 0.4) is 0 Å². The normalized spacial score (nSPS) is 22.1. The minimum absolute atomic E-state index is 0.103. The minimum atomic E-state index is -2.97. The van der Waals surface area contributed by atoms with Crippen molar-refractivity contribution in [1.29, 1.82) is 0 Å². The van der Waals surface area contributed by atoms with Crippen LogP contribution in [0.25, 0.3) is 0 Å². The van der Waals surface area contributed by atoms with Gasteiger partial charge in [0.05, 0.1) is 18.6 Å². The number of nitrogens with two attached hydrogens (primary N) is 1. The standard InChI is InChI=1S/C10H17N5O3S/c1-7-5-19(16,17)4-3-15(7)10-8(18-2)9(14-11)12-6-13-10/h6-7H,3-5,11H2,1-2H3,(H,12,13,14). The van der Waals surface area contributed by atoms with Crippen molar-refractivity contribution in [3.8, 4) is 5.75 Å². The number of anilines is 2. The quantitative estimate of drug-likeness (QED) is 0.560. The molecule has 2 heterocycles. The number of aromatic nitrogens is 2. The van der Waals surface area contributed by atoms with Gasteiger partial charge >= 0.3 is 0 Å². The first-order chi connectivity index (χ1) is 8.98. The number of nitrogens with zero attached hydrogens (tertiary/aromatic N) is 3. The average Bonchev–Trinajstić information content (AvgIpc) is 2.36. The third kappa shape index (κ3) is 2.71. The van der Waals surface area contributed by atoms with Gasteiger partial charge in [-0.25, -0.2) is 24.2 Å². The zero-order valence-corrected chi connectivity index (χ0v) is 11.6. The van der Waals surface area contributed by atoms with E-state index in [1.165, 1.54) is 13.4 Å². The molecular formula is C10H17N5O3S. The van der Waals surface area contributed by atoms with E-state index in [9.17, 15) is 8.42 Å². The first kappa shape index (κ1) is 13.8. The molecule has 1 saturated heterocycles.